The fourth-order valence-corrected chi connectivity index (χ4v) is 1.97. The summed E-state index contributed by atoms with van der Waals surface area (Å²) >= 11 is 6.19. The molecule has 0 saturated carbocycles. The van der Waals surface area contributed by atoms with Gasteiger partial charge in [-0.1, -0.05) is 31.5 Å². The third kappa shape index (κ3) is 5.94. The van der Waals surface area contributed by atoms with Gasteiger partial charge in [0.1, 0.15) is 5.75 Å². The average Bonchev–Trinajstić information content (AvgIpc) is 2.43. The SMILES string of the molecule is CCNCc1c(Cl)cccc1OCC(=O)NC(C)(C)CC. The lowest BCUT2D eigenvalue weighted by Crippen LogP contribution is -2.44. The van der Waals surface area contributed by atoms with Crippen LogP contribution in [-0.2, 0) is 11.3 Å². The van der Waals surface area contributed by atoms with Crippen LogP contribution in [0.1, 0.15) is 39.7 Å². The van der Waals surface area contributed by atoms with Crippen LogP contribution < -0.4 is 15.4 Å². The second kappa shape index (κ2) is 8.25. The lowest BCUT2D eigenvalue weighted by molar-refractivity contribution is -0.124. The highest BCUT2D eigenvalue weighted by Crippen LogP contribution is 2.26. The summed E-state index contributed by atoms with van der Waals surface area (Å²) in [7, 11) is 0. The minimum absolute atomic E-state index is 0.0110. The Morgan fingerprint density at radius 1 is 1.33 bits per heavy atom. The van der Waals surface area contributed by atoms with E-state index in [0.29, 0.717) is 17.3 Å². The van der Waals surface area contributed by atoms with Crippen LogP contribution in [0.25, 0.3) is 0 Å². The highest BCUT2D eigenvalue weighted by atomic mass is 35.5. The van der Waals surface area contributed by atoms with Crippen molar-refractivity contribution in [2.45, 2.75) is 46.2 Å². The Hall–Kier alpha value is -1.26. The molecule has 0 aromatic heterocycles. The van der Waals surface area contributed by atoms with Crippen LogP contribution in [0.2, 0.25) is 5.02 Å². The quantitative estimate of drug-likeness (QED) is 0.775. The Bertz CT molecular complexity index is 475. The van der Waals surface area contributed by atoms with E-state index in [-0.39, 0.29) is 18.1 Å². The van der Waals surface area contributed by atoms with Crippen molar-refractivity contribution in [3.8, 4) is 5.75 Å². The molecule has 118 valence electrons. The predicted octanol–water partition coefficient (Wildman–Crippen LogP) is 3.13. The monoisotopic (exact) mass is 312 g/mol. The molecule has 0 unspecified atom stereocenters. The van der Waals surface area contributed by atoms with Crippen LogP contribution in [0.15, 0.2) is 18.2 Å². The van der Waals surface area contributed by atoms with Crippen molar-refractivity contribution in [3.63, 3.8) is 0 Å². The Morgan fingerprint density at radius 2 is 2.05 bits per heavy atom. The minimum atomic E-state index is -0.221. The Kier molecular flexibility index (Phi) is 6.99. The standard InChI is InChI=1S/C16H25ClN2O2/c1-5-16(3,4)19-15(20)11-21-14-9-7-8-13(17)12(14)10-18-6-2/h7-9,18H,5-6,10-11H2,1-4H3,(H,19,20). The van der Waals surface area contributed by atoms with Gasteiger partial charge in [-0.3, -0.25) is 4.79 Å². The van der Waals surface area contributed by atoms with Crippen LogP contribution >= 0.6 is 11.6 Å². The number of nitrogens with one attached hydrogen (secondary N) is 2. The highest BCUT2D eigenvalue weighted by Gasteiger charge is 2.18. The van der Waals surface area contributed by atoms with E-state index in [4.69, 9.17) is 16.3 Å². The first-order valence-electron chi connectivity index (χ1n) is 7.31. The molecule has 1 aromatic rings. The van der Waals surface area contributed by atoms with Crippen molar-refractivity contribution in [2.24, 2.45) is 0 Å². The maximum Gasteiger partial charge on any atom is 0.258 e. The van der Waals surface area contributed by atoms with Crippen molar-refractivity contribution in [2.75, 3.05) is 13.2 Å². The summed E-state index contributed by atoms with van der Waals surface area (Å²) in [5.74, 6) is 0.518. The molecule has 0 saturated heterocycles. The molecular weight excluding hydrogens is 288 g/mol. The Morgan fingerprint density at radius 3 is 2.67 bits per heavy atom. The lowest BCUT2D eigenvalue weighted by atomic mass is 10.0. The molecule has 21 heavy (non-hydrogen) atoms. The summed E-state index contributed by atoms with van der Waals surface area (Å²) in [6, 6.07) is 5.47. The first-order chi connectivity index (χ1) is 9.89. The normalized spacial score (nSPS) is 11.3. The first kappa shape index (κ1) is 17.8. The zero-order valence-electron chi connectivity index (χ0n) is 13.3. The largest absolute Gasteiger partial charge is 0.483 e. The fraction of sp³-hybridized carbons (Fsp3) is 0.562. The molecule has 0 aliphatic carbocycles. The van der Waals surface area contributed by atoms with Crippen LogP contribution in [-0.4, -0.2) is 24.6 Å². The number of amides is 1. The first-order valence-corrected chi connectivity index (χ1v) is 7.69. The number of ether oxygens (including phenoxy) is 1. The second-order valence-electron chi connectivity index (χ2n) is 5.57. The number of halogens is 1. The number of benzene rings is 1. The number of carbonyl (C=O) groups excluding carboxylic acids is 1. The number of hydrogen-bond donors (Lipinski definition) is 2. The number of hydrogen-bond acceptors (Lipinski definition) is 3. The van der Waals surface area contributed by atoms with E-state index in [2.05, 4.69) is 10.6 Å². The van der Waals surface area contributed by atoms with Crippen molar-refractivity contribution in [1.29, 1.82) is 0 Å². The van der Waals surface area contributed by atoms with Gasteiger partial charge in [0.25, 0.3) is 5.91 Å². The predicted molar refractivity (Wildman–Crippen MR) is 86.8 cm³/mol. The smallest absolute Gasteiger partial charge is 0.258 e. The van der Waals surface area contributed by atoms with Crippen molar-refractivity contribution in [1.82, 2.24) is 10.6 Å². The third-order valence-electron chi connectivity index (χ3n) is 3.35. The van der Waals surface area contributed by atoms with E-state index in [1.807, 2.05) is 45.9 Å². The van der Waals surface area contributed by atoms with Gasteiger partial charge in [0.05, 0.1) is 0 Å². The molecule has 1 amide bonds. The molecule has 5 heteroatoms. The van der Waals surface area contributed by atoms with E-state index < -0.39 is 0 Å². The van der Waals surface area contributed by atoms with Crippen LogP contribution in [0.4, 0.5) is 0 Å². The number of carbonyl (C=O) groups is 1. The van der Waals surface area contributed by atoms with Gasteiger partial charge in [-0.25, -0.2) is 0 Å². The van der Waals surface area contributed by atoms with Gasteiger partial charge in [-0.05, 0) is 38.9 Å². The molecule has 0 radical (unpaired) electrons. The Balaban J connectivity index is 2.66. The second-order valence-corrected chi connectivity index (χ2v) is 5.98. The molecule has 4 nitrogen and oxygen atoms in total. The zero-order valence-corrected chi connectivity index (χ0v) is 14.0. The summed E-state index contributed by atoms with van der Waals surface area (Å²) < 4.78 is 5.63. The molecule has 0 bridgehead atoms. The summed E-state index contributed by atoms with van der Waals surface area (Å²) in [6.45, 7) is 9.48. The maximum atomic E-state index is 11.9. The van der Waals surface area contributed by atoms with E-state index in [1.165, 1.54) is 0 Å². The molecule has 0 aliphatic heterocycles. The van der Waals surface area contributed by atoms with Crippen molar-refractivity contribution >= 4 is 17.5 Å². The number of rotatable bonds is 8. The topological polar surface area (TPSA) is 50.4 Å². The van der Waals surface area contributed by atoms with Gasteiger partial charge in [0.15, 0.2) is 6.61 Å². The van der Waals surface area contributed by atoms with Gasteiger partial charge in [0.2, 0.25) is 0 Å². The molecular formula is C16H25ClN2O2. The average molecular weight is 313 g/mol. The fourth-order valence-electron chi connectivity index (χ4n) is 1.74. The highest BCUT2D eigenvalue weighted by molar-refractivity contribution is 6.31. The summed E-state index contributed by atoms with van der Waals surface area (Å²) in [5, 5.41) is 6.80. The van der Waals surface area contributed by atoms with Crippen LogP contribution in [0, 0.1) is 0 Å². The summed E-state index contributed by atoms with van der Waals surface area (Å²) in [6.07, 6.45) is 0.863. The summed E-state index contributed by atoms with van der Waals surface area (Å²) in [4.78, 5) is 11.9. The molecule has 2 N–H and O–H groups in total. The Labute approximate surface area is 132 Å². The molecule has 0 heterocycles. The summed E-state index contributed by atoms with van der Waals surface area (Å²) in [5.41, 5.74) is 0.657. The van der Waals surface area contributed by atoms with E-state index in [0.717, 1.165) is 18.5 Å². The maximum absolute atomic E-state index is 11.9. The molecule has 0 aliphatic rings. The van der Waals surface area contributed by atoms with Gasteiger partial charge in [-0.15, -0.1) is 0 Å². The van der Waals surface area contributed by atoms with Crippen molar-refractivity contribution < 1.29 is 9.53 Å². The van der Waals surface area contributed by atoms with E-state index >= 15 is 0 Å². The lowest BCUT2D eigenvalue weighted by Gasteiger charge is -2.24. The van der Waals surface area contributed by atoms with Gasteiger partial charge in [-0.2, -0.15) is 0 Å². The van der Waals surface area contributed by atoms with Crippen LogP contribution in [0.5, 0.6) is 5.75 Å². The van der Waals surface area contributed by atoms with E-state index in [9.17, 15) is 4.79 Å². The third-order valence-corrected chi connectivity index (χ3v) is 3.70. The zero-order chi connectivity index (χ0) is 15.9. The van der Waals surface area contributed by atoms with E-state index in [1.54, 1.807) is 0 Å². The molecule has 1 rings (SSSR count). The van der Waals surface area contributed by atoms with Crippen molar-refractivity contribution in [3.05, 3.63) is 28.8 Å². The molecule has 0 atom stereocenters. The van der Waals surface area contributed by atoms with Gasteiger partial charge < -0.3 is 15.4 Å². The molecule has 0 fully saturated rings. The minimum Gasteiger partial charge on any atom is -0.483 e. The van der Waals surface area contributed by atoms with Crippen LogP contribution in [0.3, 0.4) is 0 Å². The molecule has 0 spiro atoms. The molecule has 1 aromatic carbocycles. The van der Waals surface area contributed by atoms with Gasteiger partial charge in [0, 0.05) is 22.7 Å². The van der Waals surface area contributed by atoms with Gasteiger partial charge >= 0.3 is 0 Å².